The number of benzene rings is 2. The number of hydrogen-bond donors (Lipinski definition) is 0. The number of allylic oxidation sites excluding steroid dienone is 2. The van der Waals surface area contributed by atoms with Gasteiger partial charge in [0.05, 0.1) is 12.0 Å². The molecule has 0 fully saturated rings. The first-order valence-corrected chi connectivity index (χ1v) is 12.3. The van der Waals surface area contributed by atoms with Crippen LogP contribution in [0.2, 0.25) is 0 Å². The number of sulfonamides is 1. The smallest absolute Gasteiger partial charge is 0.434 e. The Bertz CT molecular complexity index is 1300. The highest BCUT2D eigenvalue weighted by Gasteiger charge is 2.27. The third-order valence-corrected chi connectivity index (χ3v) is 5.95. The summed E-state index contributed by atoms with van der Waals surface area (Å²) >= 11 is 0. The molecular weight excluding hydrogens is 468 g/mol. The van der Waals surface area contributed by atoms with Crippen LogP contribution in [0.5, 0.6) is 0 Å². The monoisotopic (exact) mass is 496 g/mol. The van der Waals surface area contributed by atoms with Crippen molar-refractivity contribution in [1.29, 1.82) is 0 Å². The van der Waals surface area contributed by atoms with Crippen LogP contribution >= 0.6 is 0 Å². The van der Waals surface area contributed by atoms with Crippen LogP contribution in [0.15, 0.2) is 92.6 Å². The van der Waals surface area contributed by atoms with Gasteiger partial charge in [-0.05, 0) is 57.5 Å². The highest BCUT2D eigenvalue weighted by molar-refractivity contribution is 7.90. The Kier molecular flexibility index (Phi) is 7.91. The van der Waals surface area contributed by atoms with E-state index in [1.54, 1.807) is 32.9 Å². The van der Waals surface area contributed by atoms with Crippen LogP contribution in [0, 0.1) is 6.92 Å². The van der Waals surface area contributed by atoms with Gasteiger partial charge in [-0.15, -0.1) is 0 Å². The molecule has 0 atom stereocenters. The van der Waals surface area contributed by atoms with E-state index in [0.29, 0.717) is 0 Å². The third kappa shape index (κ3) is 7.13. The average Bonchev–Trinajstić information content (AvgIpc) is 2.78. The lowest BCUT2D eigenvalue weighted by atomic mass is 10.1. The highest BCUT2D eigenvalue weighted by atomic mass is 32.2. The van der Waals surface area contributed by atoms with E-state index in [0.717, 1.165) is 11.1 Å². The standard InChI is InChI=1S/C26H28N2O6S/c1-18-11-13-20(14-12-18)35(30,31)28-22-16-15-21(27-25(29)34-26(2,3)4)23(32-5)24(22)33-17-19-9-7-6-8-10-19/h6-16H,17H2,1-5H3/b27-21-,28-22-. The molecule has 0 aliphatic heterocycles. The van der Waals surface area contributed by atoms with Gasteiger partial charge < -0.3 is 14.2 Å². The molecule has 0 spiro atoms. The van der Waals surface area contributed by atoms with Gasteiger partial charge in [0.1, 0.15) is 23.6 Å². The zero-order valence-corrected chi connectivity index (χ0v) is 21.1. The average molecular weight is 497 g/mol. The van der Waals surface area contributed by atoms with Crippen molar-refractivity contribution in [2.45, 2.75) is 44.8 Å². The lowest BCUT2D eigenvalue weighted by molar-refractivity contribution is 0.0603. The largest absolute Gasteiger partial charge is 0.491 e. The Morgan fingerprint density at radius 3 is 2.14 bits per heavy atom. The predicted molar refractivity (Wildman–Crippen MR) is 134 cm³/mol. The van der Waals surface area contributed by atoms with Crippen LogP contribution in [-0.2, 0) is 30.8 Å². The number of carbonyl (C=O) groups is 1. The van der Waals surface area contributed by atoms with Crippen LogP contribution < -0.4 is 0 Å². The van der Waals surface area contributed by atoms with E-state index in [9.17, 15) is 13.2 Å². The Balaban J connectivity index is 2.05. The summed E-state index contributed by atoms with van der Waals surface area (Å²) in [5.74, 6) is 0.101. The minimum atomic E-state index is -4.05. The number of aryl methyl sites for hydroxylation is 1. The van der Waals surface area contributed by atoms with Gasteiger partial charge in [-0.25, -0.2) is 4.79 Å². The molecule has 0 heterocycles. The van der Waals surface area contributed by atoms with Gasteiger partial charge in [0.2, 0.25) is 0 Å². The molecule has 1 amide bonds. The van der Waals surface area contributed by atoms with Crippen LogP contribution in [0.4, 0.5) is 4.79 Å². The molecule has 0 N–H and O–H groups in total. The molecule has 0 aromatic heterocycles. The van der Waals surface area contributed by atoms with Crippen molar-refractivity contribution in [3.63, 3.8) is 0 Å². The van der Waals surface area contributed by atoms with Gasteiger partial charge in [0.25, 0.3) is 10.0 Å². The molecule has 0 saturated heterocycles. The van der Waals surface area contributed by atoms with Crippen molar-refractivity contribution >= 4 is 27.5 Å². The number of methoxy groups -OCH3 is 1. The maximum absolute atomic E-state index is 13.0. The predicted octanol–water partition coefficient (Wildman–Crippen LogP) is 5.15. The molecule has 35 heavy (non-hydrogen) atoms. The van der Waals surface area contributed by atoms with Gasteiger partial charge in [-0.2, -0.15) is 17.8 Å². The van der Waals surface area contributed by atoms with Crippen LogP contribution in [0.25, 0.3) is 0 Å². The lowest BCUT2D eigenvalue weighted by Gasteiger charge is -2.20. The maximum Gasteiger partial charge on any atom is 0.434 e. The van der Waals surface area contributed by atoms with Crippen LogP contribution in [-0.4, -0.2) is 38.6 Å². The molecule has 0 bridgehead atoms. The van der Waals surface area contributed by atoms with E-state index < -0.39 is 21.7 Å². The topological polar surface area (TPSA) is 104 Å². The summed E-state index contributed by atoms with van der Waals surface area (Å²) in [4.78, 5) is 16.3. The minimum absolute atomic E-state index is 0.0153. The number of rotatable bonds is 6. The van der Waals surface area contributed by atoms with E-state index in [2.05, 4.69) is 9.39 Å². The summed E-state index contributed by atoms with van der Waals surface area (Å²) < 4.78 is 46.7. The molecule has 184 valence electrons. The van der Waals surface area contributed by atoms with E-state index >= 15 is 0 Å². The van der Waals surface area contributed by atoms with E-state index in [1.165, 1.54) is 31.4 Å². The SMILES string of the molecule is COC1=C(OCc2ccccc2)C(=N\S(=O)(=O)c2ccc(C)cc2)/C=CC/1=N/C(=O)OC(C)(C)C. The number of hydrogen-bond acceptors (Lipinski definition) is 6. The van der Waals surface area contributed by atoms with Crippen molar-refractivity contribution in [2.75, 3.05) is 7.11 Å². The molecule has 3 rings (SSSR count). The second-order valence-corrected chi connectivity index (χ2v) is 10.3. The number of aliphatic imine (C=N–C) groups is 1. The van der Waals surface area contributed by atoms with Gasteiger partial charge in [-0.1, -0.05) is 48.0 Å². The first-order chi connectivity index (χ1) is 16.5. The zero-order chi connectivity index (χ0) is 25.6. The van der Waals surface area contributed by atoms with E-state index in [4.69, 9.17) is 14.2 Å². The molecule has 2 aromatic rings. The van der Waals surface area contributed by atoms with Crippen molar-refractivity contribution in [2.24, 2.45) is 9.39 Å². The van der Waals surface area contributed by atoms with Crippen molar-refractivity contribution in [3.8, 4) is 0 Å². The van der Waals surface area contributed by atoms with Gasteiger partial charge in [0.15, 0.2) is 11.5 Å². The van der Waals surface area contributed by atoms with E-state index in [-0.39, 0.29) is 34.4 Å². The third-order valence-electron chi connectivity index (χ3n) is 4.64. The molecule has 9 heteroatoms. The maximum atomic E-state index is 13.0. The Hall–Kier alpha value is -3.72. The summed E-state index contributed by atoms with van der Waals surface area (Å²) in [6.07, 6.45) is 2.03. The molecule has 0 unspecified atom stereocenters. The fourth-order valence-corrected chi connectivity index (χ4v) is 4.03. The first kappa shape index (κ1) is 25.9. The van der Waals surface area contributed by atoms with Gasteiger partial charge >= 0.3 is 6.09 Å². The molecule has 1 aliphatic carbocycles. The summed E-state index contributed by atoms with van der Waals surface area (Å²) in [5, 5.41) is 0. The highest BCUT2D eigenvalue weighted by Crippen LogP contribution is 2.23. The molecule has 0 radical (unpaired) electrons. The van der Waals surface area contributed by atoms with Crippen LogP contribution in [0.3, 0.4) is 0 Å². The van der Waals surface area contributed by atoms with Crippen molar-refractivity contribution in [3.05, 3.63) is 89.4 Å². The first-order valence-electron chi connectivity index (χ1n) is 10.9. The molecule has 2 aromatic carbocycles. The fraction of sp³-hybridized carbons (Fsp3) is 0.269. The summed E-state index contributed by atoms with van der Waals surface area (Å²) in [6, 6.07) is 15.7. The molecular formula is C26H28N2O6S. The van der Waals surface area contributed by atoms with Gasteiger partial charge in [-0.3, -0.25) is 0 Å². The molecule has 8 nitrogen and oxygen atoms in total. The Morgan fingerprint density at radius 1 is 0.914 bits per heavy atom. The summed E-state index contributed by atoms with van der Waals surface area (Å²) in [6.45, 7) is 7.15. The number of ether oxygens (including phenoxy) is 3. The minimum Gasteiger partial charge on any atom is -0.491 e. The summed E-state index contributed by atoms with van der Waals surface area (Å²) in [5.41, 5.74) is 1.16. The molecule has 1 aliphatic rings. The fourth-order valence-electron chi connectivity index (χ4n) is 3.04. The van der Waals surface area contributed by atoms with E-state index in [1.807, 2.05) is 37.3 Å². The summed E-state index contributed by atoms with van der Waals surface area (Å²) in [7, 11) is -2.68. The quantitative estimate of drug-likeness (QED) is 0.513. The normalized spacial score (nSPS) is 16.5. The van der Waals surface area contributed by atoms with Crippen molar-refractivity contribution < 1.29 is 27.4 Å². The Labute approximate surface area is 205 Å². The Morgan fingerprint density at radius 2 is 1.54 bits per heavy atom. The van der Waals surface area contributed by atoms with Crippen molar-refractivity contribution in [1.82, 2.24) is 0 Å². The number of carbonyl (C=O) groups excluding carboxylic acids is 1. The number of amides is 1. The number of nitrogens with zero attached hydrogens (tertiary/aromatic N) is 2. The second-order valence-electron chi connectivity index (χ2n) is 8.71. The molecule has 0 saturated carbocycles. The lowest BCUT2D eigenvalue weighted by Crippen LogP contribution is -2.24. The zero-order valence-electron chi connectivity index (χ0n) is 20.3. The van der Waals surface area contributed by atoms with Gasteiger partial charge in [0, 0.05) is 0 Å². The van der Waals surface area contributed by atoms with Crippen LogP contribution in [0.1, 0.15) is 31.9 Å². The second kappa shape index (κ2) is 10.7.